The summed E-state index contributed by atoms with van der Waals surface area (Å²) >= 11 is 0. The number of hydrogen-bond donors (Lipinski definition) is 0. The van der Waals surface area contributed by atoms with Gasteiger partial charge in [-0.05, 0) is 19.8 Å². The first kappa shape index (κ1) is 11.5. The molecule has 0 aromatic carbocycles. The molecule has 0 saturated carbocycles. The largest absolute Gasteiger partial charge is 0.343 e. The minimum absolute atomic E-state index is 0.246. The highest BCUT2D eigenvalue weighted by Crippen LogP contribution is 2.19. The van der Waals surface area contributed by atoms with Gasteiger partial charge in [0.25, 0.3) is 0 Å². The number of rotatable bonds is 2. The fraction of sp³-hybridized carbons (Fsp3) is 0.909. The summed E-state index contributed by atoms with van der Waals surface area (Å²) in [5.41, 5.74) is 0. The third-order valence-electron chi connectivity index (χ3n) is 3.06. The lowest BCUT2D eigenvalue weighted by molar-refractivity contribution is -0.138. The third-order valence-corrected chi connectivity index (χ3v) is 3.06. The molecular formula is C11H22N2O. The fourth-order valence-corrected chi connectivity index (χ4v) is 2.04. The number of amides is 1. The van der Waals surface area contributed by atoms with Crippen LogP contribution in [0.1, 0.15) is 27.7 Å². The highest BCUT2D eigenvalue weighted by molar-refractivity contribution is 5.78. The number of nitrogens with zero attached hydrogens (tertiary/aromatic N) is 2. The highest BCUT2D eigenvalue weighted by atomic mass is 16.2. The molecule has 0 aliphatic carbocycles. The average Bonchev–Trinajstić information content (AvgIpc) is 2.08. The van der Waals surface area contributed by atoms with E-state index in [9.17, 15) is 4.79 Å². The maximum Gasteiger partial charge on any atom is 0.236 e. The van der Waals surface area contributed by atoms with Crippen LogP contribution in [0, 0.1) is 5.92 Å². The molecule has 82 valence electrons. The van der Waals surface area contributed by atoms with Crippen LogP contribution >= 0.6 is 0 Å². The van der Waals surface area contributed by atoms with Crippen LogP contribution < -0.4 is 0 Å². The molecule has 0 N–H and O–H groups in total. The lowest BCUT2D eigenvalue weighted by atomic mass is 9.98. The van der Waals surface area contributed by atoms with Crippen molar-refractivity contribution in [1.29, 1.82) is 0 Å². The van der Waals surface area contributed by atoms with Crippen LogP contribution in [0.25, 0.3) is 0 Å². The van der Waals surface area contributed by atoms with Crippen molar-refractivity contribution in [2.75, 3.05) is 20.1 Å². The van der Waals surface area contributed by atoms with Gasteiger partial charge < -0.3 is 4.90 Å². The van der Waals surface area contributed by atoms with Gasteiger partial charge in [-0.2, -0.15) is 0 Å². The van der Waals surface area contributed by atoms with E-state index < -0.39 is 0 Å². The van der Waals surface area contributed by atoms with Gasteiger partial charge in [0.05, 0.1) is 6.54 Å². The summed E-state index contributed by atoms with van der Waals surface area (Å²) in [7, 11) is 1.90. The Morgan fingerprint density at radius 3 is 2.29 bits per heavy atom. The Kier molecular flexibility index (Phi) is 3.53. The van der Waals surface area contributed by atoms with E-state index in [4.69, 9.17) is 0 Å². The molecule has 0 spiro atoms. The van der Waals surface area contributed by atoms with Gasteiger partial charge >= 0.3 is 0 Å². The van der Waals surface area contributed by atoms with Crippen LogP contribution in [0.15, 0.2) is 0 Å². The summed E-state index contributed by atoms with van der Waals surface area (Å²) in [5.74, 6) is 0.851. The molecule has 1 heterocycles. The van der Waals surface area contributed by atoms with Gasteiger partial charge in [0.1, 0.15) is 0 Å². The zero-order chi connectivity index (χ0) is 10.9. The first-order valence-corrected chi connectivity index (χ1v) is 5.43. The minimum atomic E-state index is 0.246. The summed E-state index contributed by atoms with van der Waals surface area (Å²) in [6.07, 6.45) is 0. The Balaban J connectivity index is 2.75. The smallest absolute Gasteiger partial charge is 0.236 e. The molecule has 1 rings (SSSR count). The SMILES string of the molecule is CC(C)[C@@H]1CN(C)C(=O)CN1C(C)C. The molecule has 0 bridgehead atoms. The van der Waals surface area contributed by atoms with Gasteiger partial charge in [-0.15, -0.1) is 0 Å². The number of piperazine rings is 1. The first-order valence-electron chi connectivity index (χ1n) is 5.43. The van der Waals surface area contributed by atoms with Crippen LogP contribution in [-0.4, -0.2) is 47.9 Å². The van der Waals surface area contributed by atoms with Gasteiger partial charge in [0.2, 0.25) is 5.91 Å². The van der Waals surface area contributed by atoms with E-state index >= 15 is 0 Å². The van der Waals surface area contributed by atoms with E-state index in [0.717, 1.165) is 6.54 Å². The van der Waals surface area contributed by atoms with E-state index in [0.29, 0.717) is 24.5 Å². The molecule has 0 aromatic heterocycles. The number of carbonyl (C=O) groups excluding carboxylic acids is 1. The van der Waals surface area contributed by atoms with Crippen LogP contribution in [0.4, 0.5) is 0 Å². The molecule has 3 heteroatoms. The Hall–Kier alpha value is -0.570. The summed E-state index contributed by atoms with van der Waals surface area (Å²) in [4.78, 5) is 15.7. The lowest BCUT2D eigenvalue weighted by Crippen LogP contribution is -2.58. The lowest BCUT2D eigenvalue weighted by Gasteiger charge is -2.43. The monoisotopic (exact) mass is 198 g/mol. The molecule has 1 atom stereocenters. The predicted molar refractivity (Wildman–Crippen MR) is 58.1 cm³/mol. The van der Waals surface area contributed by atoms with Gasteiger partial charge in [0, 0.05) is 25.7 Å². The Bertz CT molecular complexity index is 213. The van der Waals surface area contributed by atoms with Gasteiger partial charge in [0.15, 0.2) is 0 Å². The van der Waals surface area contributed by atoms with Crippen molar-refractivity contribution in [2.45, 2.75) is 39.8 Å². The van der Waals surface area contributed by atoms with Crippen molar-refractivity contribution in [2.24, 2.45) is 5.92 Å². The van der Waals surface area contributed by atoms with Crippen LogP contribution in [0.5, 0.6) is 0 Å². The Morgan fingerprint density at radius 1 is 1.29 bits per heavy atom. The van der Waals surface area contributed by atoms with Crippen molar-refractivity contribution in [3.63, 3.8) is 0 Å². The molecular weight excluding hydrogens is 176 g/mol. The maximum atomic E-state index is 11.6. The minimum Gasteiger partial charge on any atom is -0.343 e. The second kappa shape index (κ2) is 4.30. The summed E-state index contributed by atoms with van der Waals surface area (Å²) in [6.45, 7) is 10.2. The molecule has 1 aliphatic heterocycles. The van der Waals surface area contributed by atoms with Gasteiger partial charge in [-0.3, -0.25) is 9.69 Å². The van der Waals surface area contributed by atoms with Gasteiger partial charge in [-0.25, -0.2) is 0 Å². The second-order valence-corrected chi connectivity index (χ2v) is 4.85. The first-order chi connectivity index (χ1) is 6.43. The number of likely N-dealkylation sites (N-methyl/N-ethyl adjacent to an activating group) is 1. The van der Waals surface area contributed by atoms with E-state index in [2.05, 4.69) is 32.6 Å². The zero-order valence-electron chi connectivity index (χ0n) is 9.95. The predicted octanol–water partition coefficient (Wildman–Crippen LogP) is 1.19. The molecule has 1 aliphatic rings. The molecule has 1 saturated heterocycles. The summed E-state index contributed by atoms with van der Waals surface area (Å²) < 4.78 is 0. The van der Waals surface area contributed by atoms with Crippen LogP contribution in [0.2, 0.25) is 0 Å². The van der Waals surface area contributed by atoms with Crippen LogP contribution in [-0.2, 0) is 4.79 Å². The number of hydrogen-bond acceptors (Lipinski definition) is 2. The van der Waals surface area contributed by atoms with Crippen molar-refractivity contribution < 1.29 is 4.79 Å². The molecule has 1 fully saturated rings. The molecule has 0 aromatic rings. The summed E-state index contributed by atoms with van der Waals surface area (Å²) in [5, 5.41) is 0. The van der Waals surface area contributed by atoms with E-state index in [-0.39, 0.29) is 5.91 Å². The molecule has 1 amide bonds. The normalized spacial score (nSPS) is 25.2. The van der Waals surface area contributed by atoms with Crippen molar-refractivity contribution in [3.8, 4) is 0 Å². The molecule has 0 unspecified atom stereocenters. The molecule has 3 nitrogen and oxygen atoms in total. The average molecular weight is 198 g/mol. The Labute approximate surface area is 87.1 Å². The summed E-state index contributed by atoms with van der Waals surface area (Å²) in [6, 6.07) is 0.970. The second-order valence-electron chi connectivity index (χ2n) is 4.85. The topological polar surface area (TPSA) is 23.6 Å². The standard InChI is InChI=1S/C11H22N2O/c1-8(2)10-6-12(5)11(14)7-13(10)9(3)4/h8-10H,6-7H2,1-5H3/t10-/m0/s1. The fourth-order valence-electron chi connectivity index (χ4n) is 2.04. The van der Waals surface area contributed by atoms with Crippen molar-refractivity contribution in [1.82, 2.24) is 9.80 Å². The third kappa shape index (κ3) is 2.27. The van der Waals surface area contributed by atoms with Crippen molar-refractivity contribution in [3.05, 3.63) is 0 Å². The van der Waals surface area contributed by atoms with Crippen LogP contribution in [0.3, 0.4) is 0 Å². The van der Waals surface area contributed by atoms with Gasteiger partial charge in [-0.1, -0.05) is 13.8 Å². The number of carbonyl (C=O) groups is 1. The van der Waals surface area contributed by atoms with Crippen molar-refractivity contribution >= 4 is 5.91 Å². The molecule has 0 radical (unpaired) electrons. The maximum absolute atomic E-state index is 11.6. The quantitative estimate of drug-likeness (QED) is 0.665. The molecule has 14 heavy (non-hydrogen) atoms. The van der Waals surface area contributed by atoms with E-state index in [1.165, 1.54) is 0 Å². The van der Waals surface area contributed by atoms with E-state index in [1.54, 1.807) is 0 Å². The van der Waals surface area contributed by atoms with E-state index in [1.807, 2.05) is 11.9 Å². The zero-order valence-corrected chi connectivity index (χ0v) is 9.95. The highest BCUT2D eigenvalue weighted by Gasteiger charge is 2.33. The Morgan fingerprint density at radius 2 is 1.86 bits per heavy atom.